The number of alkyl halides is 1. The molecule has 0 heterocycles. The molecule has 0 radical (unpaired) electrons. The number of esters is 1. The quantitative estimate of drug-likeness (QED) is 0.420. The lowest BCUT2D eigenvalue weighted by Crippen LogP contribution is -2.23. The maximum Gasteiger partial charge on any atom is 0.332 e. The Balaban J connectivity index is 4.01. The van der Waals surface area contributed by atoms with Gasteiger partial charge in [-0.1, -0.05) is 0 Å². The fraction of sp³-hybridized carbons (Fsp3) is 0.500. The molecule has 0 aromatic heterocycles. The van der Waals surface area contributed by atoms with Crippen molar-refractivity contribution in [1.29, 1.82) is 0 Å². The average molecular weight is 206 g/mol. The summed E-state index contributed by atoms with van der Waals surface area (Å²) < 4.78 is 4.63. The molecular formula is C8H12ClNO3. The fourth-order valence-corrected chi connectivity index (χ4v) is 0.717. The zero-order chi connectivity index (χ0) is 10.3. The number of amides is 1. The highest BCUT2D eigenvalue weighted by atomic mass is 35.5. The average Bonchev–Trinajstić information content (AvgIpc) is 2.04. The van der Waals surface area contributed by atoms with Crippen LogP contribution in [0.2, 0.25) is 0 Å². The Morgan fingerprint density at radius 2 is 2.15 bits per heavy atom. The van der Waals surface area contributed by atoms with Crippen LogP contribution in [0.1, 0.15) is 13.8 Å². The molecule has 0 aliphatic carbocycles. The molecule has 0 rings (SSSR count). The number of allylic oxidation sites excluding steroid dienone is 1. The van der Waals surface area contributed by atoms with Gasteiger partial charge in [0, 0.05) is 11.8 Å². The van der Waals surface area contributed by atoms with E-state index in [1.54, 1.807) is 13.8 Å². The molecule has 74 valence electrons. The lowest BCUT2D eigenvalue weighted by Gasteiger charge is -2.02. The highest BCUT2D eigenvalue weighted by Gasteiger charge is 2.01. The van der Waals surface area contributed by atoms with Crippen molar-refractivity contribution in [3.63, 3.8) is 0 Å². The van der Waals surface area contributed by atoms with Gasteiger partial charge >= 0.3 is 5.97 Å². The van der Waals surface area contributed by atoms with Gasteiger partial charge in [-0.15, -0.1) is 11.6 Å². The van der Waals surface area contributed by atoms with Crippen LogP contribution in [0, 0.1) is 0 Å². The molecular weight excluding hydrogens is 194 g/mol. The first-order valence-corrected chi connectivity index (χ1v) is 4.34. The van der Waals surface area contributed by atoms with Gasteiger partial charge in [-0.2, -0.15) is 0 Å². The molecule has 0 aromatic rings. The van der Waals surface area contributed by atoms with Crippen LogP contribution in [0.3, 0.4) is 0 Å². The standard InChI is InChI=1S/C8H12ClNO3/c1-3-13-8(12)4-6(2)10-7(11)5-9/h4H,3,5H2,1-2H3,(H,10,11)/b6-4-. The molecule has 5 heteroatoms. The first-order valence-electron chi connectivity index (χ1n) is 3.81. The number of hydrogen-bond acceptors (Lipinski definition) is 3. The Bertz CT molecular complexity index is 225. The maximum absolute atomic E-state index is 10.8. The second-order valence-corrected chi connectivity index (χ2v) is 2.53. The van der Waals surface area contributed by atoms with Crippen molar-refractivity contribution in [2.24, 2.45) is 0 Å². The van der Waals surface area contributed by atoms with Gasteiger partial charge in [0.2, 0.25) is 5.91 Å². The summed E-state index contributed by atoms with van der Waals surface area (Å²) in [6.45, 7) is 3.60. The summed E-state index contributed by atoms with van der Waals surface area (Å²) in [6, 6.07) is 0. The van der Waals surface area contributed by atoms with Crippen molar-refractivity contribution >= 4 is 23.5 Å². The topological polar surface area (TPSA) is 55.4 Å². The number of ether oxygens (including phenoxy) is 1. The normalized spacial score (nSPS) is 10.8. The third kappa shape index (κ3) is 6.16. The number of carbonyl (C=O) groups excluding carboxylic acids is 2. The van der Waals surface area contributed by atoms with Gasteiger partial charge < -0.3 is 10.1 Å². The van der Waals surface area contributed by atoms with Crippen molar-refractivity contribution in [2.45, 2.75) is 13.8 Å². The number of halogens is 1. The Labute approximate surface area is 81.9 Å². The van der Waals surface area contributed by atoms with E-state index in [1.807, 2.05) is 0 Å². The molecule has 0 aromatic carbocycles. The summed E-state index contributed by atoms with van der Waals surface area (Å²) in [5.41, 5.74) is 0.420. The molecule has 1 amide bonds. The van der Waals surface area contributed by atoms with Crippen LogP contribution in [0.4, 0.5) is 0 Å². The molecule has 0 bridgehead atoms. The summed E-state index contributed by atoms with van der Waals surface area (Å²) in [6.07, 6.45) is 1.20. The molecule has 0 aliphatic rings. The Hall–Kier alpha value is -1.03. The van der Waals surface area contributed by atoms with Gasteiger partial charge in [0.15, 0.2) is 0 Å². The molecule has 0 aliphatic heterocycles. The summed E-state index contributed by atoms with van der Waals surface area (Å²) in [4.78, 5) is 21.6. The van der Waals surface area contributed by atoms with Crippen LogP contribution in [-0.4, -0.2) is 24.4 Å². The largest absolute Gasteiger partial charge is 0.463 e. The molecule has 0 saturated heterocycles. The minimum atomic E-state index is -0.477. The van der Waals surface area contributed by atoms with E-state index in [2.05, 4.69) is 10.1 Å². The Morgan fingerprint density at radius 3 is 2.62 bits per heavy atom. The minimum Gasteiger partial charge on any atom is -0.463 e. The van der Waals surface area contributed by atoms with E-state index < -0.39 is 5.97 Å². The molecule has 1 N–H and O–H groups in total. The van der Waals surface area contributed by atoms with E-state index in [-0.39, 0.29) is 11.8 Å². The molecule has 0 atom stereocenters. The number of carbonyl (C=O) groups is 2. The number of nitrogens with one attached hydrogen (secondary N) is 1. The van der Waals surface area contributed by atoms with Crippen molar-refractivity contribution < 1.29 is 14.3 Å². The minimum absolute atomic E-state index is 0.131. The Kier molecular flexibility index (Phi) is 5.97. The van der Waals surface area contributed by atoms with E-state index in [9.17, 15) is 9.59 Å². The van der Waals surface area contributed by atoms with Gasteiger partial charge in [-0.25, -0.2) is 4.79 Å². The van der Waals surface area contributed by atoms with Crippen LogP contribution >= 0.6 is 11.6 Å². The van der Waals surface area contributed by atoms with Crippen LogP contribution < -0.4 is 5.32 Å². The van der Waals surface area contributed by atoms with Crippen molar-refractivity contribution in [3.05, 3.63) is 11.8 Å². The molecule has 0 fully saturated rings. The summed E-state index contributed by atoms with van der Waals surface area (Å²) in [7, 11) is 0. The van der Waals surface area contributed by atoms with Gasteiger partial charge in [0.05, 0.1) is 6.61 Å². The first kappa shape index (κ1) is 12.0. The lowest BCUT2D eigenvalue weighted by molar-refractivity contribution is -0.137. The third-order valence-corrected chi connectivity index (χ3v) is 1.32. The van der Waals surface area contributed by atoms with Gasteiger partial charge in [0.25, 0.3) is 0 Å². The zero-order valence-corrected chi connectivity index (χ0v) is 8.35. The smallest absolute Gasteiger partial charge is 0.332 e. The SMILES string of the molecule is CCOC(=O)/C=C(/C)NC(=O)CCl. The molecule has 0 spiro atoms. The Morgan fingerprint density at radius 1 is 1.54 bits per heavy atom. The van der Waals surface area contributed by atoms with E-state index in [1.165, 1.54) is 6.08 Å². The molecule has 0 unspecified atom stereocenters. The highest BCUT2D eigenvalue weighted by molar-refractivity contribution is 6.27. The van der Waals surface area contributed by atoms with E-state index in [4.69, 9.17) is 11.6 Å². The van der Waals surface area contributed by atoms with Crippen molar-refractivity contribution in [3.8, 4) is 0 Å². The second kappa shape index (κ2) is 6.48. The fourth-order valence-electron chi connectivity index (χ4n) is 0.650. The molecule has 4 nitrogen and oxygen atoms in total. The number of hydrogen-bond donors (Lipinski definition) is 1. The maximum atomic E-state index is 10.8. The monoisotopic (exact) mass is 205 g/mol. The van der Waals surface area contributed by atoms with E-state index >= 15 is 0 Å². The third-order valence-electron chi connectivity index (χ3n) is 1.08. The van der Waals surface area contributed by atoms with E-state index in [0.29, 0.717) is 12.3 Å². The van der Waals surface area contributed by atoms with Crippen molar-refractivity contribution in [2.75, 3.05) is 12.5 Å². The summed E-state index contributed by atoms with van der Waals surface area (Å²) in [5.74, 6) is -0.955. The second-order valence-electron chi connectivity index (χ2n) is 2.26. The van der Waals surface area contributed by atoms with Crippen LogP contribution in [0.25, 0.3) is 0 Å². The van der Waals surface area contributed by atoms with Crippen LogP contribution in [0.5, 0.6) is 0 Å². The summed E-state index contributed by atoms with van der Waals surface area (Å²) >= 11 is 5.24. The van der Waals surface area contributed by atoms with E-state index in [0.717, 1.165) is 0 Å². The van der Waals surface area contributed by atoms with Gasteiger partial charge in [0.1, 0.15) is 5.88 Å². The zero-order valence-electron chi connectivity index (χ0n) is 7.59. The number of rotatable bonds is 4. The molecule has 13 heavy (non-hydrogen) atoms. The molecule has 0 saturated carbocycles. The summed E-state index contributed by atoms with van der Waals surface area (Å²) in [5, 5.41) is 2.41. The first-order chi connectivity index (χ1) is 6.10. The predicted molar refractivity (Wildman–Crippen MR) is 49.3 cm³/mol. The van der Waals surface area contributed by atoms with Gasteiger partial charge in [-0.3, -0.25) is 4.79 Å². The van der Waals surface area contributed by atoms with Gasteiger partial charge in [-0.05, 0) is 13.8 Å². The van der Waals surface area contributed by atoms with Crippen molar-refractivity contribution in [1.82, 2.24) is 5.32 Å². The highest BCUT2D eigenvalue weighted by Crippen LogP contribution is 1.90. The van der Waals surface area contributed by atoms with Crippen LogP contribution in [0.15, 0.2) is 11.8 Å². The lowest BCUT2D eigenvalue weighted by atomic mass is 10.4. The van der Waals surface area contributed by atoms with Crippen LogP contribution in [-0.2, 0) is 14.3 Å². The predicted octanol–water partition coefficient (Wildman–Crippen LogP) is 0.808.